The first-order valence-electron chi connectivity index (χ1n) is 8.86. The van der Waals surface area contributed by atoms with Gasteiger partial charge in [-0.2, -0.15) is 5.10 Å². The molecular weight excluding hydrogens is 355 g/mol. The maximum atomic E-state index is 14.1. The van der Waals surface area contributed by atoms with Gasteiger partial charge in [-0.3, -0.25) is 9.48 Å². The fourth-order valence-electron chi connectivity index (χ4n) is 3.72. The Hall–Kier alpha value is -1.92. The molecule has 1 aliphatic heterocycles. The van der Waals surface area contributed by atoms with Crippen molar-refractivity contribution in [3.05, 3.63) is 53.6 Å². The number of hydrogen-bond acceptors (Lipinski definition) is 3. The van der Waals surface area contributed by atoms with Crippen molar-refractivity contribution in [1.82, 2.24) is 20.0 Å². The predicted octanol–water partition coefficient (Wildman–Crippen LogP) is 2.48. The third-order valence-electron chi connectivity index (χ3n) is 5.25. The molecule has 2 fully saturated rings. The summed E-state index contributed by atoms with van der Waals surface area (Å²) in [6.07, 6.45) is 5.85. The van der Waals surface area contributed by atoms with Gasteiger partial charge in [0, 0.05) is 50.4 Å². The molecule has 5 nitrogen and oxygen atoms in total. The Morgan fingerprint density at radius 1 is 1.35 bits per heavy atom. The number of aryl methyl sites for hydroxylation is 1. The third-order valence-corrected chi connectivity index (χ3v) is 5.25. The monoisotopic (exact) mass is 378 g/mol. The quantitative estimate of drug-likeness (QED) is 0.869. The molecular formula is C19H24ClFN4O. The summed E-state index contributed by atoms with van der Waals surface area (Å²) in [6, 6.07) is 6.98. The lowest BCUT2D eigenvalue weighted by atomic mass is 9.89. The second-order valence-electron chi connectivity index (χ2n) is 7.11. The van der Waals surface area contributed by atoms with Gasteiger partial charge in [-0.05, 0) is 24.5 Å². The van der Waals surface area contributed by atoms with Crippen LogP contribution in [0.2, 0.25) is 0 Å². The molecule has 1 N–H and O–H groups in total. The van der Waals surface area contributed by atoms with E-state index in [1.54, 1.807) is 16.8 Å². The van der Waals surface area contributed by atoms with E-state index in [4.69, 9.17) is 0 Å². The first-order valence-corrected chi connectivity index (χ1v) is 8.86. The van der Waals surface area contributed by atoms with Gasteiger partial charge in [0.2, 0.25) is 5.91 Å². The highest BCUT2D eigenvalue weighted by molar-refractivity contribution is 5.85. The summed E-state index contributed by atoms with van der Waals surface area (Å²) in [5, 5.41) is 7.58. The van der Waals surface area contributed by atoms with Crippen LogP contribution < -0.4 is 5.32 Å². The number of carbonyl (C=O) groups is 1. The van der Waals surface area contributed by atoms with Gasteiger partial charge in [0.25, 0.3) is 0 Å². The number of rotatable bonds is 5. The molecule has 1 saturated carbocycles. The van der Waals surface area contributed by atoms with E-state index in [0.717, 1.165) is 24.9 Å². The van der Waals surface area contributed by atoms with Crippen LogP contribution >= 0.6 is 12.4 Å². The van der Waals surface area contributed by atoms with Crippen molar-refractivity contribution in [2.45, 2.75) is 31.3 Å². The third kappa shape index (κ3) is 3.76. The Bertz CT molecular complexity index is 776. The molecule has 1 amide bonds. The van der Waals surface area contributed by atoms with Gasteiger partial charge in [0.1, 0.15) is 5.82 Å². The molecule has 4 rings (SSSR count). The smallest absolute Gasteiger partial charge is 0.228 e. The molecule has 140 valence electrons. The summed E-state index contributed by atoms with van der Waals surface area (Å²) < 4.78 is 15.8. The van der Waals surface area contributed by atoms with Crippen LogP contribution in [0.4, 0.5) is 4.39 Å². The molecule has 1 aliphatic carbocycles. The van der Waals surface area contributed by atoms with Crippen LogP contribution in [-0.4, -0.2) is 39.7 Å². The Morgan fingerprint density at radius 2 is 2.12 bits per heavy atom. The van der Waals surface area contributed by atoms with Gasteiger partial charge >= 0.3 is 0 Å². The molecule has 0 unspecified atom stereocenters. The molecule has 1 aromatic carbocycles. The van der Waals surface area contributed by atoms with Gasteiger partial charge in [0.05, 0.1) is 12.1 Å². The largest absolute Gasteiger partial charge is 0.335 e. The predicted molar refractivity (Wildman–Crippen MR) is 99.5 cm³/mol. The minimum atomic E-state index is -0.241. The van der Waals surface area contributed by atoms with E-state index in [0.29, 0.717) is 18.7 Å². The van der Waals surface area contributed by atoms with Crippen LogP contribution in [0.1, 0.15) is 29.9 Å². The number of amides is 1. The van der Waals surface area contributed by atoms with Crippen LogP contribution in [0.25, 0.3) is 0 Å². The number of hydrogen-bond donors (Lipinski definition) is 1. The van der Waals surface area contributed by atoms with Gasteiger partial charge in [0.15, 0.2) is 0 Å². The second kappa shape index (κ2) is 7.76. The summed E-state index contributed by atoms with van der Waals surface area (Å²) in [6.45, 7) is 1.80. The lowest BCUT2D eigenvalue weighted by Crippen LogP contribution is -2.40. The highest BCUT2D eigenvalue weighted by atomic mass is 35.5. The summed E-state index contributed by atoms with van der Waals surface area (Å²) in [5.74, 6) is -0.0986. The van der Waals surface area contributed by atoms with Crippen LogP contribution in [0, 0.1) is 11.7 Å². The molecule has 0 bridgehead atoms. The van der Waals surface area contributed by atoms with E-state index in [9.17, 15) is 9.18 Å². The zero-order valence-corrected chi connectivity index (χ0v) is 15.6. The van der Waals surface area contributed by atoms with Crippen molar-refractivity contribution >= 4 is 18.3 Å². The number of carbonyl (C=O) groups excluding carboxylic acids is 1. The zero-order valence-electron chi connectivity index (χ0n) is 14.8. The van der Waals surface area contributed by atoms with Crippen molar-refractivity contribution in [1.29, 1.82) is 0 Å². The first-order chi connectivity index (χ1) is 12.1. The fourth-order valence-corrected chi connectivity index (χ4v) is 3.72. The Labute approximate surface area is 159 Å². The number of nitrogens with one attached hydrogen (secondary N) is 1. The normalized spacial score (nSPS) is 22.1. The van der Waals surface area contributed by atoms with Crippen LogP contribution in [0.15, 0.2) is 36.7 Å². The van der Waals surface area contributed by atoms with E-state index in [1.807, 2.05) is 30.4 Å². The molecule has 2 aliphatic rings. The van der Waals surface area contributed by atoms with Crippen molar-refractivity contribution < 1.29 is 9.18 Å². The molecule has 2 atom stereocenters. The van der Waals surface area contributed by atoms with E-state index >= 15 is 0 Å². The highest BCUT2D eigenvalue weighted by Crippen LogP contribution is 2.35. The summed E-state index contributed by atoms with van der Waals surface area (Å²) in [7, 11) is 1.89. The van der Waals surface area contributed by atoms with Gasteiger partial charge in [-0.15, -0.1) is 12.4 Å². The minimum absolute atomic E-state index is 0. The summed E-state index contributed by atoms with van der Waals surface area (Å²) >= 11 is 0. The molecule has 1 saturated heterocycles. The topological polar surface area (TPSA) is 50.2 Å². The molecule has 7 heteroatoms. The number of aromatic nitrogens is 2. The molecule has 2 heterocycles. The number of benzene rings is 1. The molecule has 1 aromatic heterocycles. The average Bonchev–Trinajstić information content (AvgIpc) is 3.15. The lowest BCUT2D eigenvalue weighted by Gasteiger charge is -2.28. The van der Waals surface area contributed by atoms with Gasteiger partial charge < -0.3 is 10.2 Å². The highest BCUT2D eigenvalue weighted by Gasteiger charge is 2.41. The maximum absolute atomic E-state index is 14.1. The molecule has 26 heavy (non-hydrogen) atoms. The van der Waals surface area contributed by atoms with E-state index in [-0.39, 0.29) is 42.0 Å². The summed E-state index contributed by atoms with van der Waals surface area (Å²) in [5.41, 5.74) is 1.68. The van der Waals surface area contributed by atoms with Gasteiger partial charge in [-0.1, -0.05) is 18.2 Å². The first kappa shape index (κ1) is 18.9. The lowest BCUT2D eigenvalue weighted by molar-refractivity contribution is -0.136. The van der Waals surface area contributed by atoms with E-state index in [1.165, 1.54) is 6.07 Å². The number of halogens is 2. The zero-order chi connectivity index (χ0) is 17.4. The maximum Gasteiger partial charge on any atom is 0.228 e. The van der Waals surface area contributed by atoms with Crippen molar-refractivity contribution in [2.75, 3.05) is 13.1 Å². The number of nitrogens with zero attached hydrogens (tertiary/aromatic N) is 3. The van der Waals surface area contributed by atoms with Crippen LogP contribution in [-0.2, 0) is 18.4 Å². The average molecular weight is 379 g/mol. The fraction of sp³-hybridized carbons (Fsp3) is 0.474. The minimum Gasteiger partial charge on any atom is -0.335 e. The van der Waals surface area contributed by atoms with Gasteiger partial charge in [-0.25, -0.2) is 4.39 Å². The SMILES string of the molecule is Cl.Cn1cc([C@H]2CNC[C@@H]2C(=O)N(Cc2ccccc2F)C2CC2)cn1. The van der Waals surface area contributed by atoms with Crippen LogP contribution in [0.5, 0.6) is 0 Å². The van der Waals surface area contributed by atoms with Crippen LogP contribution in [0.3, 0.4) is 0 Å². The Morgan fingerprint density at radius 3 is 2.77 bits per heavy atom. The summed E-state index contributed by atoms with van der Waals surface area (Å²) in [4.78, 5) is 15.2. The molecule has 0 radical (unpaired) electrons. The molecule has 2 aromatic rings. The van der Waals surface area contributed by atoms with E-state index < -0.39 is 0 Å². The van der Waals surface area contributed by atoms with Crippen molar-refractivity contribution in [3.8, 4) is 0 Å². The second-order valence-corrected chi connectivity index (χ2v) is 7.11. The van der Waals surface area contributed by atoms with Crippen molar-refractivity contribution in [2.24, 2.45) is 13.0 Å². The Balaban J connectivity index is 0.00000196. The Kier molecular flexibility index (Phi) is 5.63. The van der Waals surface area contributed by atoms with Crippen molar-refractivity contribution in [3.63, 3.8) is 0 Å². The standard InChI is InChI=1S/C19H23FN4O.ClH/c1-23-11-14(8-22-23)16-9-21-10-17(16)19(25)24(15-6-7-15)12-13-4-2-3-5-18(13)20;/h2-5,8,11,15-17,21H,6-7,9-10,12H2,1H3;1H/t16-,17+;/m1./s1. The van der Waals surface area contributed by atoms with E-state index in [2.05, 4.69) is 10.4 Å². The molecule has 0 spiro atoms.